The highest BCUT2D eigenvalue weighted by Crippen LogP contribution is 2.28. The average molecular weight is 539 g/mol. The molecule has 0 fully saturated rings. The monoisotopic (exact) mass is 538 g/mol. The summed E-state index contributed by atoms with van der Waals surface area (Å²) in [5, 5.41) is 10.1. The fourth-order valence-corrected chi connectivity index (χ4v) is 5.56. The second-order valence-electron chi connectivity index (χ2n) is 8.65. The van der Waals surface area contributed by atoms with Crippen molar-refractivity contribution in [2.45, 2.75) is 6.04 Å². The lowest BCUT2D eigenvalue weighted by Gasteiger charge is -2.19. The number of furan rings is 1. The van der Waals surface area contributed by atoms with Crippen molar-refractivity contribution in [1.29, 1.82) is 0 Å². The summed E-state index contributed by atoms with van der Waals surface area (Å²) in [4.78, 5) is 30.7. The highest BCUT2D eigenvalue weighted by atomic mass is 35.5. The quantitative estimate of drug-likeness (QED) is 0.315. The van der Waals surface area contributed by atoms with Crippen LogP contribution in [0.25, 0.3) is 23.1 Å². The largest absolute Gasteiger partial charge is 0.478 e. The van der Waals surface area contributed by atoms with Crippen LogP contribution in [0.3, 0.4) is 0 Å². The Morgan fingerprint density at radius 1 is 0.974 bits per heavy atom. The van der Waals surface area contributed by atoms with Crippen molar-refractivity contribution in [3.05, 3.63) is 144 Å². The molecule has 0 radical (unpaired) electrons. The summed E-state index contributed by atoms with van der Waals surface area (Å²) in [5.41, 5.74) is 3.07. The molecule has 6 nitrogen and oxygen atoms in total. The van der Waals surface area contributed by atoms with E-state index in [1.165, 1.54) is 17.4 Å². The number of thiazole rings is 1. The maximum absolute atomic E-state index is 13.6. The number of carboxylic acids is 1. The van der Waals surface area contributed by atoms with E-state index >= 15 is 0 Å². The maximum Gasteiger partial charge on any atom is 0.336 e. The second-order valence-corrected chi connectivity index (χ2v) is 10.1. The van der Waals surface area contributed by atoms with Gasteiger partial charge in [-0.3, -0.25) is 9.36 Å². The zero-order valence-corrected chi connectivity index (χ0v) is 21.3. The van der Waals surface area contributed by atoms with Gasteiger partial charge in [0, 0.05) is 16.7 Å². The topological polar surface area (TPSA) is 84.8 Å². The first kappa shape index (κ1) is 23.9. The summed E-state index contributed by atoms with van der Waals surface area (Å²) < 4.78 is 8.08. The molecule has 1 aliphatic heterocycles. The summed E-state index contributed by atoms with van der Waals surface area (Å²) in [7, 11) is 0. The van der Waals surface area contributed by atoms with Gasteiger partial charge in [-0.15, -0.1) is 0 Å². The predicted octanol–water partition coefficient (Wildman–Crippen LogP) is 5.61. The smallest absolute Gasteiger partial charge is 0.336 e. The molecule has 186 valence electrons. The Morgan fingerprint density at radius 3 is 2.47 bits per heavy atom. The Morgan fingerprint density at radius 2 is 1.71 bits per heavy atom. The average Bonchev–Trinajstić information content (AvgIpc) is 3.53. The van der Waals surface area contributed by atoms with Crippen LogP contribution in [0.15, 0.2) is 111 Å². The number of carboxylic acid groups (broad SMARTS) is 1. The third-order valence-corrected chi connectivity index (χ3v) is 7.49. The number of fused-ring (bicyclic) bond motifs is 1. The number of aromatic carboxylic acids is 1. The molecular formula is C30H19ClN2O4S. The number of allylic oxidation sites excluding steroid dienone is 1. The second kappa shape index (κ2) is 9.78. The molecule has 5 aromatic rings. The molecule has 6 rings (SSSR count). The number of hydrogen-bond donors (Lipinski definition) is 1. The van der Waals surface area contributed by atoms with Crippen LogP contribution in [-0.2, 0) is 0 Å². The Hall–Kier alpha value is -4.46. The molecule has 0 bridgehead atoms. The minimum absolute atomic E-state index is 0.143. The van der Waals surface area contributed by atoms with Gasteiger partial charge in [0.05, 0.1) is 21.8 Å². The van der Waals surface area contributed by atoms with Gasteiger partial charge < -0.3 is 9.52 Å². The number of hydrogen-bond acceptors (Lipinski definition) is 5. The van der Waals surface area contributed by atoms with Crippen molar-refractivity contribution in [3.63, 3.8) is 0 Å². The Bertz CT molecular complexity index is 1880. The van der Waals surface area contributed by atoms with E-state index in [-0.39, 0.29) is 17.2 Å². The van der Waals surface area contributed by atoms with Gasteiger partial charge in [0.25, 0.3) is 5.56 Å². The first-order valence-corrected chi connectivity index (χ1v) is 12.9. The highest BCUT2D eigenvalue weighted by molar-refractivity contribution is 7.07. The number of carbonyl (C=O) groups is 1. The zero-order chi connectivity index (χ0) is 26.2. The van der Waals surface area contributed by atoms with Crippen LogP contribution in [-0.4, -0.2) is 15.6 Å². The van der Waals surface area contributed by atoms with E-state index < -0.39 is 5.97 Å². The molecule has 3 aromatic carbocycles. The van der Waals surface area contributed by atoms with E-state index in [4.69, 9.17) is 21.0 Å². The molecule has 38 heavy (non-hydrogen) atoms. The minimum Gasteiger partial charge on any atom is -0.478 e. The van der Waals surface area contributed by atoms with E-state index in [2.05, 4.69) is 0 Å². The van der Waals surface area contributed by atoms with Crippen molar-refractivity contribution >= 4 is 40.7 Å². The van der Waals surface area contributed by atoms with E-state index in [0.29, 0.717) is 31.4 Å². The molecule has 0 saturated carbocycles. The predicted molar refractivity (Wildman–Crippen MR) is 148 cm³/mol. The molecule has 0 amide bonds. The summed E-state index contributed by atoms with van der Waals surface area (Å²) in [6, 6.07) is 27.0. The summed E-state index contributed by atoms with van der Waals surface area (Å²) >= 11 is 7.40. The minimum atomic E-state index is -1.04. The summed E-state index contributed by atoms with van der Waals surface area (Å²) in [6.07, 6.45) is 3.65. The number of benzene rings is 3. The normalized spacial score (nSPS) is 15.0. The highest BCUT2D eigenvalue weighted by Gasteiger charge is 2.23. The lowest BCUT2D eigenvalue weighted by Crippen LogP contribution is -2.36. The van der Waals surface area contributed by atoms with E-state index in [1.54, 1.807) is 41.0 Å². The molecule has 0 saturated heterocycles. The van der Waals surface area contributed by atoms with Gasteiger partial charge in [-0.1, -0.05) is 83.6 Å². The van der Waals surface area contributed by atoms with Gasteiger partial charge in [0.1, 0.15) is 11.5 Å². The van der Waals surface area contributed by atoms with Crippen molar-refractivity contribution in [2.75, 3.05) is 0 Å². The third-order valence-electron chi connectivity index (χ3n) is 6.25. The molecule has 1 atom stereocenters. The molecular weight excluding hydrogens is 520 g/mol. The van der Waals surface area contributed by atoms with Crippen molar-refractivity contribution in [1.82, 2.24) is 4.57 Å². The number of aromatic nitrogens is 1. The molecule has 2 aromatic heterocycles. The molecule has 0 spiro atoms. The van der Waals surface area contributed by atoms with Crippen LogP contribution in [0.2, 0.25) is 5.02 Å². The van der Waals surface area contributed by atoms with Crippen LogP contribution in [0.5, 0.6) is 0 Å². The maximum atomic E-state index is 13.6. The molecule has 8 heteroatoms. The lowest BCUT2D eigenvalue weighted by atomic mass is 10.0. The fourth-order valence-electron chi connectivity index (χ4n) is 4.44. The van der Waals surface area contributed by atoms with Gasteiger partial charge in [0.15, 0.2) is 4.80 Å². The van der Waals surface area contributed by atoms with Gasteiger partial charge in [0.2, 0.25) is 0 Å². The lowest BCUT2D eigenvalue weighted by molar-refractivity contribution is 0.0697. The Labute approximate surface area is 225 Å². The standard InChI is InChI=1S/C30H19ClN2O4S/c31-20-12-10-19(11-13-20)25-17-24(18-6-2-1-3-7-18)32-30-33(25)28(34)27(38-30)16-21-14-15-26(37-21)22-8-4-5-9-23(22)29(35)36/h1-17,25H,(H,35,36). The van der Waals surface area contributed by atoms with Crippen LogP contribution in [0.4, 0.5) is 0 Å². The zero-order valence-electron chi connectivity index (χ0n) is 19.7. The van der Waals surface area contributed by atoms with Crippen molar-refractivity contribution in [2.24, 2.45) is 4.99 Å². The number of rotatable bonds is 5. The van der Waals surface area contributed by atoms with Crippen LogP contribution < -0.4 is 14.9 Å². The first-order chi connectivity index (χ1) is 18.5. The van der Waals surface area contributed by atoms with Crippen LogP contribution in [0, 0.1) is 0 Å². The van der Waals surface area contributed by atoms with Crippen molar-refractivity contribution < 1.29 is 14.3 Å². The summed E-state index contributed by atoms with van der Waals surface area (Å²) in [6.45, 7) is 0. The SMILES string of the molecule is O=C(O)c1ccccc1-c1ccc(C=c2sc3n(c2=O)C(c2ccc(Cl)cc2)C=C(c2ccccc2)N=3)o1. The summed E-state index contributed by atoms with van der Waals surface area (Å²) in [5.74, 6) is -0.188. The van der Waals surface area contributed by atoms with Crippen molar-refractivity contribution in [3.8, 4) is 11.3 Å². The van der Waals surface area contributed by atoms with Gasteiger partial charge >= 0.3 is 5.97 Å². The molecule has 1 aliphatic rings. The molecule has 1 unspecified atom stereocenters. The number of nitrogens with zero attached hydrogens (tertiary/aromatic N) is 2. The first-order valence-electron chi connectivity index (χ1n) is 11.7. The third kappa shape index (κ3) is 4.42. The molecule has 0 aliphatic carbocycles. The van der Waals surface area contributed by atoms with Crippen LogP contribution in [0.1, 0.15) is 33.3 Å². The van der Waals surface area contributed by atoms with E-state index in [1.807, 2.05) is 60.7 Å². The van der Waals surface area contributed by atoms with Gasteiger partial charge in [-0.25, -0.2) is 9.79 Å². The fraction of sp³-hybridized carbons (Fsp3) is 0.0333. The molecule has 1 N–H and O–H groups in total. The van der Waals surface area contributed by atoms with Crippen LogP contribution >= 0.6 is 22.9 Å². The Balaban J connectivity index is 1.48. The Kier molecular flexibility index (Phi) is 6.15. The number of halogens is 1. The van der Waals surface area contributed by atoms with E-state index in [0.717, 1.165) is 16.8 Å². The van der Waals surface area contributed by atoms with Gasteiger partial charge in [-0.05, 0) is 47.5 Å². The molecule has 3 heterocycles. The van der Waals surface area contributed by atoms with Gasteiger partial charge in [-0.2, -0.15) is 0 Å². The van der Waals surface area contributed by atoms with E-state index in [9.17, 15) is 14.7 Å².